The van der Waals surface area contributed by atoms with E-state index < -0.39 is 5.82 Å². The Labute approximate surface area is 137 Å². The number of anilines is 1. The van der Waals surface area contributed by atoms with Gasteiger partial charge in [-0.25, -0.2) is 9.37 Å². The van der Waals surface area contributed by atoms with Crippen molar-refractivity contribution in [2.45, 2.75) is 38.0 Å². The lowest BCUT2D eigenvalue weighted by Gasteiger charge is -2.31. The first-order valence-corrected chi connectivity index (χ1v) is 8.49. The van der Waals surface area contributed by atoms with E-state index in [1.807, 2.05) is 6.92 Å². The van der Waals surface area contributed by atoms with E-state index in [-0.39, 0.29) is 24.1 Å². The molecule has 0 saturated carbocycles. The minimum Gasteiger partial charge on any atom is -0.468 e. The van der Waals surface area contributed by atoms with Crippen molar-refractivity contribution in [3.63, 3.8) is 0 Å². The number of aromatic nitrogens is 3. The van der Waals surface area contributed by atoms with Crippen LogP contribution in [0.15, 0.2) is 18.3 Å². The van der Waals surface area contributed by atoms with Crippen molar-refractivity contribution in [2.24, 2.45) is 0 Å². The Balaban J connectivity index is 1.59. The zero-order valence-electron chi connectivity index (χ0n) is 12.7. The Kier molecular flexibility index (Phi) is 3.86. The van der Waals surface area contributed by atoms with E-state index in [1.165, 1.54) is 12.3 Å². The Morgan fingerprint density at radius 1 is 1.43 bits per heavy atom. The van der Waals surface area contributed by atoms with Gasteiger partial charge >= 0.3 is 0 Å². The van der Waals surface area contributed by atoms with Gasteiger partial charge in [0.25, 0.3) is 5.88 Å². The van der Waals surface area contributed by atoms with Crippen LogP contribution in [0.1, 0.15) is 17.8 Å². The van der Waals surface area contributed by atoms with Gasteiger partial charge in [-0.3, -0.25) is 0 Å². The normalized spacial score (nSPS) is 27.0. The van der Waals surface area contributed by atoms with Gasteiger partial charge in [-0.15, -0.1) is 10.2 Å². The quantitative estimate of drug-likeness (QED) is 0.856. The summed E-state index contributed by atoms with van der Waals surface area (Å²) < 4.78 is 25.6. The van der Waals surface area contributed by atoms with Gasteiger partial charge in [0.1, 0.15) is 17.2 Å². The van der Waals surface area contributed by atoms with Crippen molar-refractivity contribution in [3.05, 3.63) is 29.2 Å². The summed E-state index contributed by atoms with van der Waals surface area (Å²) >= 11 is 1.56. The number of aryl methyl sites for hydroxylation is 1. The van der Waals surface area contributed by atoms with Gasteiger partial charge in [-0.05, 0) is 31.9 Å². The summed E-state index contributed by atoms with van der Waals surface area (Å²) in [5.74, 6) is -0.425. The summed E-state index contributed by atoms with van der Waals surface area (Å²) in [7, 11) is 0. The van der Waals surface area contributed by atoms with Crippen LogP contribution in [0.4, 0.5) is 9.52 Å². The molecule has 4 rings (SSSR count). The minimum atomic E-state index is -0.454. The van der Waals surface area contributed by atoms with Gasteiger partial charge in [0, 0.05) is 12.8 Å². The molecule has 122 valence electrons. The van der Waals surface area contributed by atoms with Gasteiger partial charge in [0.2, 0.25) is 5.13 Å². The maximum atomic E-state index is 13.8. The molecule has 0 radical (unpaired) electrons. The molecule has 0 aliphatic carbocycles. The summed E-state index contributed by atoms with van der Waals surface area (Å²) in [6.07, 6.45) is 3.16. The molecule has 8 heteroatoms. The van der Waals surface area contributed by atoms with Crippen LogP contribution in [0.25, 0.3) is 0 Å². The zero-order valence-corrected chi connectivity index (χ0v) is 13.5. The van der Waals surface area contributed by atoms with E-state index in [2.05, 4.69) is 20.1 Å². The Morgan fingerprint density at radius 2 is 2.35 bits per heavy atom. The van der Waals surface area contributed by atoms with Crippen LogP contribution in [-0.4, -0.2) is 46.6 Å². The van der Waals surface area contributed by atoms with Crippen molar-refractivity contribution in [1.82, 2.24) is 15.2 Å². The molecule has 2 aliphatic rings. The van der Waals surface area contributed by atoms with E-state index in [9.17, 15) is 4.39 Å². The second-order valence-electron chi connectivity index (χ2n) is 5.75. The maximum absolute atomic E-state index is 13.8. The van der Waals surface area contributed by atoms with E-state index in [0.29, 0.717) is 13.2 Å². The minimum absolute atomic E-state index is 0.0284. The van der Waals surface area contributed by atoms with Crippen LogP contribution >= 0.6 is 11.3 Å². The number of rotatable bonds is 3. The van der Waals surface area contributed by atoms with Crippen molar-refractivity contribution in [3.8, 4) is 5.88 Å². The highest BCUT2D eigenvalue weighted by Crippen LogP contribution is 2.36. The van der Waals surface area contributed by atoms with E-state index in [1.54, 1.807) is 17.4 Å². The fraction of sp³-hybridized carbons (Fsp3) is 0.533. The van der Waals surface area contributed by atoms with Crippen LogP contribution in [0, 0.1) is 12.7 Å². The summed E-state index contributed by atoms with van der Waals surface area (Å²) in [6, 6.07) is 3.09. The highest BCUT2D eigenvalue weighted by atomic mass is 32.1. The first-order chi connectivity index (χ1) is 11.2. The molecular formula is C15H17FN4O2S. The van der Waals surface area contributed by atoms with Gasteiger partial charge in [0.05, 0.1) is 12.6 Å². The van der Waals surface area contributed by atoms with Crippen molar-refractivity contribution < 1.29 is 13.9 Å². The van der Waals surface area contributed by atoms with Gasteiger partial charge in [0.15, 0.2) is 5.82 Å². The molecule has 2 aliphatic heterocycles. The second kappa shape index (κ2) is 6.01. The third kappa shape index (κ3) is 2.76. The maximum Gasteiger partial charge on any atom is 0.250 e. The fourth-order valence-electron chi connectivity index (χ4n) is 3.24. The number of fused-ring (bicyclic) bond motifs is 1. The van der Waals surface area contributed by atoms with Crippen molar-refractivity contribution in [2.75, 3.05) is 18.1 Å². The SMILES string of the molecule is Cc1nnc(N2C[C@H](Oc3ncccc3F)[C@H]3OCCC[C@H]32)s1. The second-order valence-corrected chi connectivity index (χ2v) is 6.91. The Bertz CT molecular complexity index is 698. The molecule has 0 aromatic carbocycles. The summed E-state index contributed by atoms with van der Waals surface area (Å²) in [6.45, 7) is 3.23. The Morgan fingerprint density at radius 3 is 3.13 bits per heavy atom. The topological polar surface area (TPSA) is 60.4 Å². The van der Waals surface area contributed by atoms with Crippen LogP contribution in [0.5, 0.6) is 5.88 Å². The molecule has 0 spiro atoms. The van der Waals surface area contributed by atoms with Gasteiger partial charge < -0.3 is 14.4 Å². The van der Waals surface area contributed by atoms with E-state index in [0.717, 1.165) is 23.0 Å². The summed E-state index contributed by atoms with van der Waals surface area (Å²) in [4.78, 5) is 6.17. The van der Waals surface area contributed by atoms with E-state index in [4.69, 9.17) is 9.47 Å². The molecule has 0 N–H and O–H groups in total. The third-order valence-corrected chi connectivity index (χ3v) is 5.10. The number of hydrogen-bond acceptors (Lipinski definition) is 7. The summed E-state index contributed by atoms with van der Waals surface area (Å²) in [5, 5.41) is 10.1. The number of hydrogen-bond donors (Lipinski definition) is 0. The lowest BCUT2D eigenvalue weighted by molar-refractivity contribution is -0.0381. The highest BCUT2D eigenvalue weighted by Gasteiger charge is 2.47. The standard InChI is InChI=1S/C15H17FN4O2S/c1-9-18-19-15(23-9)20-8-12(13-11(20)5-3-7-21-13)22-14-10(16)4-2-6-17-14/h2,4,6,11-13H,3,5,7-8H2,1H3/t11-,12+,13+/m1/s1. The molecule has 0 amide bonds. The molecule has 4 heterocycles. The average molecular weight is 336 g/mol. The predicted molar refractivity (Wildman–Crippen MR) is 83.4 cm³/mol. The number of pyridine rings is 1. The first kappa shape index (κ1) is 14.8. The molecule has 0 unspecified atom stereocenters. The molecular weight excluding hydrogens is 319 g/mol. The molecule has 6 nitrogen and oxygen atoms in total. The largest absolute Gasteiger partial charge is 0.468 e. The molecule has 0 bridgehead atoms. The number of ether oxygens (including phenoxy) is 2. The predicted octanol–water partition coefficient (Wildman–Crippen LogP) is 2.20. The van der Waals surface area contributed by atoms with Crippen LogP contribution in [0.2, 0.25) is 0 Å². The monoisotopic (exact) mass is 336 g/mol. The molecule has 23 heavy (non-hydrogen) atoms. The lowest BCUT2D eigenvalue weighted by Crippen LogP contribution is -2.42. The third-order valence-electron chi connectivity index (χ3n) is 4.23. The zero-order chi connectivity index (χ0) is 15.8. The average Bonchev–Trinajstić information content (AvgIpc) is 3.14. The highest BCUT2D eigenvalue weighted by molar-refractivity contribution is 7.15. The smallest absolute Gasteiger partial charge is 0.250 e. The number of nitrogens with zero attached hydrogens (tertiary/aromatic N) is 4. The van der Waals surface area contributed by atoms with Gasteiger partial charge in [-0.2, -0.15) is 0 Å². The molecule has 2 saturated heterocycles. The molecule has 3 atom stereocenters. The van der Waals surface area contributed by atoms with Crippen molar-refractivity contribution >= 4 is 16.5 Å². The lowest BCUT2D eigenvalue weighted by atomic mass is 10.0. The molecule has 2 fully saturated rings. The molecule has 2 aromatic rings. The van der Waals surface area contributed by atoms with Crippen LogP contribution in [0.3, 0.4) is 0 Å². The number of halogens is 1. The first-order valence-electron chi connectivity index (χ1n) is 7.68. The van der Waals surface area contributed by atoms with Gasteiger partial charge in [-0.1, -0.05) is 11.3 Å². The van der Waals surface area contributed by atoms with Crippen molar-refractivity contribution in [1.29, 1.82) is 0 Å². The summed E-state index contributed by atoms with van der Waals surface area (Å²) in [5.41, 5.74) is 0. The Hall–Kier alpha value is -1.80. The van der Waals surface area contributed by atoms with Crippen LogP contribution < -0.4 is 9.64 Å². The fourth-order valence-corrected chi connectivity index (χ4v) is 3.99. The molecule has 2 aromatic heterocycles. The van der Waals surface area contributed by atoms with Crippen LogP contribution in [-0.2, 0) is 4.74 Å². The van der Waals surface area contributed by atoms with E-state index >= 15 is 0 Å².